The molecule has 3 aromatic heterocycles. The third-order valence-corrected chi connectivity index (χ3v) is 4.56. The van der Waals surface area contributed by atoms with Crippen LogP contribution >= 0.6 is 11.3 Å². The van der Waals surface area contributed by atoms with E-state index < -0.39 is 0 Å². The van der Waals surface area contributed by atoms with Gasteiger partial charge in [-0.25, -0.2) is 4.98 Å². The summed E-state index contributed by atoms with van der Waals surface area (Å²) in [5.74, 6) is 0.926. The Morgan fingerprint density at radius 1 is 1.15 bits per heavy atom. The predicted octanol–water partition coefficient (Wildman–Crippen LogP) is 4.04. The summed E-state index contributed by atoms with van der Waals surface area (Å²) in [6, 6.07) is 12.7. The molecule has 0 aliphatic heterocycles. The van der Waals surface area contributed by atoms with Crippen LogP contribution in [0, 0.1) is 0 Å². The maximum atomic E-state index is 12.4. The molecule has 8 heteroatoms. The van der Waals surface area contributed by atoms with Gasteiger partial charge in [0, 0.05) is 17.7 Å². The Morgan fingerprint density at radius 2 is 2.00 bits per heavy atom. The number of carbonyl (C=O) groups excluding carboxylic acids is 2. The Balaban J connectivity index is 1.46. The van der Waals surface area contributed by atoms with Crippen LogP contribution in [0.25, 0.3) is 22.4 Å². The summed E-state index contributed by atoms with van der Waals surface area (Å²) in [6.45, 7) is 1.76. The van der Waals surface area contributed by atoms with Gasteiger partial charge in [-0.2, -0.15) is 0 Å². The lowest BCUT2D eigenvalue weighted by molar-refractivity contribution is -0.119. The number of furan rings is 2. The van der Waals surface area contributed by atoms with Crippen molar-refractivity contribution in [2.45, 2.75) is 13.5 Å². The minimum absolute atomic E-state index is 0.128. The molecule has 0 spiro atoms. The van der Waals surface area contributed by atoms with Crippen LogP contribution in [0.3, 0.4) is 0 Å². The fourth-order valence-corrected chi connectivity index (χ4v) is 3.21. The lowest BCUT2D eigenvalue weighted by atomic mass is 10.2. The van der Waals surface area contributed by atoms with E-state index in [1.165, 1.54) is 18.3 Å². The maximum Gasteiger partial charge on any atom is 0.293 e. The van der Waals surface area contributed by atoms with Gasteiger partial charge in [0.25, 0.3) is 5.91 Å². The molecule has 4 rings (SSSR count). The van der Waals surface area contributed by atoms with E-state index in [0.717, 1.165) is 5.39 Å². The van der Waals surface area contributed by atoms with Gasteiger partial charge in [-0.3, -0.25) is 14.9 Å². The summed E-state index contributed by atoms with van der Waals surface area (Å²) in [6.07, 6.45) is 0. The first-order valence-electron chi connectivity index (χ1n) is 8.17. The first-order chi connectivity index (χ1) is 13.1. The van der Waals surface area contributed by atoms with Gasteiger partial charge in [-0.15, -0.1) is 11.3 Å². The van der Waals surface area contributed by atoms with Crippen molar-refractivity contribution < 1.29 is 18.4 Å². The first-order valence-corrected chi connectivity index (χ1v) is 9.05. The molecule has 0 radical (unpaired) electrons. The standard InChI is InChI=1S/C19H15N3O4S/c1-11(23)20-9-13-6-7-16(25-13)14-10-27-19(21-14)22-18(24)17-8-12-4-2-3-5-15(12)26-17/h2-8,10H,9H2,1H3,(H,20,23)(H,21,22,24). The van der Waals surface area contributed by atoms with Crippen LogP contribution in [-0.4, -0.2) is 16.8 Å². The lowest BCUT2D eigenvalue weighted by Gasteiger charge is -1.98. The molecule has 0 aliphatic carbocycles. The lowest BCUT2D eigenvalue weighted by Crippen LogP contribution is -2.18. The van der Waals surface area contributed by atoms with E-state index in [-0.39, 0.29) is 17.6 Å². The van der Waals surface area contributed by atoms with Crippen LogP contribution in [0.2, 0.25) is 0 Å². The molecule has 2 amide bonds. The smallest absolute Gasteiger partial charge is 0.293 e. The number of amides is 2. The molecule has 0 aliphatic rings. The van der Waals surface area contributed by atoms with E-state index in [0.29, 0.717) is 34.5 Å². The van der Waals surface area contributed by atoms with Gasteiger partial charge in [0.15, 0.2) is 16.7 Å². The topological polar surface area (TPSA) is 97.4 Å². The fourth-order valence-electron chi connectivity index (χ4n) is 2.52. The Morgan fingerprint density at radius 3 is 2.81 bits per heavy atom. The summed E-state index contributed by atoms with van der Waals surface area (Å²) in [5, 5.41) is 8.49. The van der Waals surface area contributed by atoms with Crippen molar-refractivity contribution in [2.75, 3.05) is 5.32 Å². The van der Waals surface area contributed by atoms with Gasteiger partial charge in [0.2, 0.25) is 5.91 Å². The van der Waals surface area contributed by atoms with E-state index in [1.807, 2.05) is 24.3 Å². The van der Waals surface area contributed by atoms with Gasteiger partial charge in [-0.05, 0) is 24.3 Å². The molecule has 2 N–H and O–H groups in total. The van der Waals surface area contributed by atoms with E-state index in [9.17, 15) is 9.59 Å². The summed E-state index contributed by atoms with van der Waals surface area (Å²) in [4.78, 5) is 27.7. The van der Waals surface area contributed by atoms with E-state index >= 15 is 0 Å². The quantitative estimate of drug-likeness (QED) is 0.544. The molecule has 0 atom stereocenters. The molecular weight excluding hydrogens is 366 g/mol. The third-order valence-electron chi connectivity index (χ3n) is 3.80. The SMILES string of the molecule is CC(=O)NCc1ccc(-c2csc(NC(=O)c3cc4ccccc4o3)n2)o1. The average molecular weight is 381 g/mol. The van der Waals surface area contributed by atoms with Crippen molar-refractivity contribution in [2.24, 2.45) is 0 Å². The molecule has 0 saturated carbocycles. The van der Waals surface area contributed by atoms with Gasteiger partial charge in [0.1, 0.15) is 17.0 Å². The predicted molar refractivity (Wildman–Crippen MR) is 102 cm³/mol. The fraction of sp³-hybridized carbons (Fsp3) is 0.105. The van der Waals surface area contributed by atoms with E-state index in [2.05, 4.69) is 15.6 Å². The molecule has 4 aromatic rings. The van der Waals surface area contributed by atoms with Crippen LogP contribution in [0.4, 0.5) is 5.13 Å². The van der Waals surface area contributed by atoms with Crippen molar-refractivity contribution in [1.82, 2.24) is 10.3 Å². The van der Waals surface area contributed by atoms with Gasteiger partial charge >= 0.3 is 0 Å². The summed E-state index contributed by atoms with van der Waals surface area (Å²) >= 11 is 1.29. The molecule has 27 heavy (non-hydrogen) atoms. The molecule has 0 fully saturated rings. The van der Waals surface area contributed by atoms with Gasteiger partial charge < -0.3 is 14.2 Å². The van der Waals surface area contributed by atoms with Crippen molar-refractivity contribution in [3.05, 3.63) is 59.4 Å². The number of nitrogens with zero attached hydrogens (tertiary/aromatic N) is 1. The van der Waals surface area contributed by atoms with Crippen LogP contribution in [-0.2, 0) is 11.3 Å². The maximum absolute atomic E-state index is 12.4. The zero-order chi connectivity index (χ0) is 18.8. The highest BCUT2D eigenvalue weighted by Gasteiger charge is 2.15. The normalized spacial score (nSPS) is 10.9. The molecule has 0 bridgehead atoms. The minimum Gasteiger partial charge on any atom is -0.458 e. The molecule has 1 aromatic carbocycles. The van der Waals surface area contributed by atoms with Crippen LogP contribution in [0.5, 0.6) is 0 Å². The highest BCUT2D eigenvalue weighted by atomic mass is 32.1. The third kappa shape index (κ3) is 3.75. The number of hydrogen-bond acceptors (Lipinski definition) is 6. The number of para-hydroxylation sites is 1. The highest BCUT2D eigenvalue weighted by molar-refractivity contribution is 7.14. The van der Waals surface area contributed by atoms with Crippen LogP contribution in [0.15, 0.2) is 56.7 Å². The van der Waals surface area contributed by atoms with E-state index in [4.69, 9.17) is 8.83 Å². The number of hydrogen-bond donors (Lipinski definition) is 2. The summed E-state index contributed by atoms with van der Waals surface area (Å²) in [7, 11) is 0. The van der Waals surface area contributed by atoms with Gasteiger partial charge in [-0.1, -0.05) is 18.2 Å². The number of aromatic nitrogens is 1. The molecular formula is C19H15N3O4S. The van der Waals surface area contributed by atoms with Crippen molar-refractivity contribution in [3.8, 4) is 11.5 Å². The van der Waals surface area contributed by atoms with Crippen molar-refractivity contribution in [1.29, 1.82) is 0 Å². The Hall–Kier alpha value is -3.39. The Labute approximate surface area is 158 Å². The summed E-state index contributed by atoms with van der Waals surface area (Å²) < 4.78 is 11.2. The van der Waals surface area contributed by atoms with E-state index in [1.54, 1.807) is 23.6 Å². The second kappa shape index (κ2) is 7.08. The molecule has 7 nitrogen and oxygen atoms in total. The van der Waals surface area contributed by atoms with Crippen LogP contribution < -0.4 is 10.6 Å². The first kappa shape index (κ1) is 17.0. The number of fused-ring (bicyclic) bond motifs is 1. The Bertz CT molecular complexity index is 1090. The monoisotopic (exact) mass is 381 g/mol. The molecule has 0 saturated heterocycles. The number of benzene rings is 1. The second-order valence-corrected chi connectivity index (χ2v) is 6.67. The second-order valence-electron chi connectivity index (χ2n) is 5.82. The molecule has 3 heterocycles. The largest absolute Gasteiger partial charge is 0.458 e. The molecule has 136 valence electrons. The van der Waals surface area contributed by atoms with Gasteiger partial charge in [0.05, 0.1) is 6.54 Å². The highest BCUT2D eigenvalue weighted by Crippen LogP contribution is 2.27. The van der Waals surface area contributed by atoms with Crippen molar-refractivity contribution >= 4 is 39.3 Å². The number of anilines is 1. The summed E-state index contributed by atoms with van der Waals surface area (Å²) in [5.41, 5.74) is 1.26. The number of rotatable bonds is 5. The minimum atomic E-state index is -0.363. The Kier molecular flexibility index (Phi) is 4.47. The molecule has 0 unspecified atom stereocenters. The number of thiazole rings is 1. The van der Waals surface area contributed by atoms with Crippen LogP contribution in [0.1, 0.15) is 23.2 Å². The average Bonchev–Trinajstić information content (AvgIpc) is 3.38. The number of carbonyl (C=O) groups is 2. The number of nitrogens with one attached hydrogen (secondary N) is 2. The zero-order valence-electron chi connectivity index (χ0n) is 14.3. The van der Waals surface area contributed by atoms with Crippen molar-refractivity contribution in [3.63, 3.8) is 0 Å². The zero-order valence-corrected chi connectivity index (χ0v) is 15.1.